The van der Waals surface area contributed by atoms with Gasteiger partial charge >= 0.3 is 6.09 Å². The maximum Gasteiger partial charge on any atom is 0.408 e. The molecule has 0 saturated heterocycles. The molecule has 1 atom stereocenters. The fourth-order valence-corrected chi connectivity index (χ4v) is 2.19. The molecule has 0 aliphatic carbocycles. The van der Waals surface area contributed by atoms with E-state index in [1.54, 1.807) is 31.4 Å². The summed E-state index contributed by atoms with van der Waals surface area (Å²) in [6, 6.07) is 3.52. The van der Waals surface area contributed by atoms with Gasteiger partial charge in [-0.15, -0.1) is 11.3 Å². The highest BCUT2D eigenvalue weighted by atomic mass is 35.5. The molecule has 88 valence electrons. The van der Waals surface area contributed by atoms with Crippen LogP contribution in [0.1, 0.15) is 18.7 Å². The van der Waals surface area contributed by atoms with Crippen LogP contribution in [0.15, 0.2) is 17.5 Å². The molecule has 1 aromatic heterocycles. The molecule has 0 aliphatic rings. The van der Waals surface area contributed by atoms with Crippen molar-refractivity contribution in [3.63, 3.8) is 0 Å². The van der Waals surface area contributed by atoms with E-state index < -0.39 is 16.9 Å². The third-order valence-corrected chi connectivity index (χ3v) is 3.50. The zero-order chi connectivity index (χ0) is 12.2. The summed E-state index contributed by atoms with van der Waals surface area (Å²) in [7, 11) is 0. The molecule has 0 radical (unpaired) electrons. The summed E-state index contributed by atoms with van der Waals surface area (Å²) < 4.78 is 4.73. The van der Waals surface area contributed by atoms with E-state index in [1.807, 2.05) is 0 Å². The Balaban J connectivity index is 2.90. The number of halogens is 1. The zero-order valence-corrected chi connectivity index (χ0v) is 10.5. The van der Waals surface area contributed by atoms with E-state index in [1.165, 1.54) is 11.3 Å². The first-order chi connectivity index (χ1) is 7.50. The van der Waals surface area contributed by atoms with Gasteiger partial charge in [0, 0.05) is 4.88 Å². The van der Waals surface area contributed by atoms with Crippen molar-refractivity contribution in [1.82, 2.24) is 5.32 Å². The van der Waals surface area contributed by atoms with Crippen LogP contribution in [0.25, 0.3) is 0 Å². The van der Waals surface area contributed by atoms with Crippen molar-refractivity contribution in [3.05, 3.63) is 22.4 Å². The van der Waals surface area contributed by atoms with Crippen LogP contribution in [0, 0.1) is 0 Å². The standard InChI is InChI=1S/C10H12ClNO3S/c1-3-15-9(14)12-10(2,8(11)13)7-5-4-6-16-7/h4-6H,3H2,1-2H3,(H,12,14). The smallest absolute Gasteiger partial charge is 0.408 e. The summed E-state index contributed by atoms with van der Waals surface area (Å²) in [5, 5.41) is 3.62. The van der Waals surface area contributed by atoms with Crippen LogP contribution in [0.4, 0.5) is 4.79 Å². The van der Waals surface area contributed by atoms with E-state index in [4.69, 9.17) is 16.3 Å². The van der Waals surface area contributed by atoms with Crippen LogP contribution in [0.5, 0.6) is 0 Å². The molecule has 1 N–H and O–H groups in total. The van der Waals surface area contributed by atoms with Crippen LogP contribution < -0.4 is 5.32 Å². The van der Waals surface area contributed by atoms with Crippen LogP contribution in [-0.2, 0) is 15.1 Å². The van der Waals surface area contributed by atoms with Crippen molar-refractivity contribution >= 4 is 34.3 Å². The van der Waals surface area contributed by atoms with Gasteiger partial charge in [0.2, 0.25) is 0 Å². The Hall–Kier alpha value is -1.07. The Morgan fingerprint density at radius 3 is 2.75 bits per heavy atom. The second kappa shape index (κ2) is 5.32. The normalized spacial score (nSPS) is 13.9. The lowest BCUT2D eigenvalue weighted by atomic mass is 10.0. The molecule has 0 spiro atoms. The fourth-order valence-electron chi connectivity index (χ4n) is 1.14. The van der Waals surface area contributed by atoms with Crippen molar-refractivity contribution in [1.29, 1.82) is 0 Å². The Bertz CT molecular complexity index is 379. The van der Waals surface area contributed by atoms with Crippen LogP contribution in [-0.4, -0.2) is 17.9 Å². The number of alkyl carbamates (subject to hydrolysis) is 1. The first-order valence-electron chi connectivity index (χ1n) is 4.69. The van der Waals surface area contributed by atoms with Crippen molar-refractivity contribution in [3.8, 4) is 0 Å². The molecule has 6 heteroatoms. The Morgan fingerprint density at radius 2 is 2.31 bits per heavy atom. The van der Waals surface area contributed by atoms with Crippen LogP contribution >= 0.6 is 22.9 Å². The number of amides is 1. The number of carbonyl (C=O) groups is 2. The lowest BCUT2D eigenvalue weighted by Gasteiger charge is -2.24. The topological polar surface area (TPSA) is 55.4 Å². The fraction of sp³-hybridized carbons (Fsp3) is 0.400. The number of rotatable bonds is 4. The van der Waals surface area contributed by atoms with Crippen molar-refractivity contribution in [2.24, 2.45) is 0 Å². The molecule has 4 nitrogen and oxygen atoms in total. The first-order valence-corrected chi connectivity index (χ1v) is 5.95. The van der Waals surface area contributed by atoms with E-state index in [0.717, 1.165) is 0 Å². The molecule has 0 bridgehead atoms. The van der Waals surface area contributed by atoms with Gasteiger partial charge in [0.25, 0.3) is 5.24 Å². The van der Waals surface area contributed by atoms with Gasteiger partial charge in [-0.1, -0.05) is 6.07 Å². The second-order valence-electron chi connectivity index (χ2n) is 3.22. The number of nitrogens with one attached hydrogen (secondary N) is 1. The number of ether oxygens (including phenoxy) is 1. The Kier molecular flexibility index (Phi) is 4.32. The molecule has 1 unspecified atom stereocenters. The molecular formula is C10H12ClNO3S. The highest BCUT2D eigenvalue weighted by Gasteiger charge is 2.37. The molecule has 1 rings (SSSR count). The van der Waals surface area contributed by atoms with E-state index in [9.17, 15) is 9.59 Å². The molecule has 1 heterocycles. The van der Waals surface area contributed by atoms with E-state index in [0.29, 0.717) is 4.88 Å². The van der Waals surface area contributed by atoms with Gasteiger partial charge in [0.15, 0.2) is 0 Å². The van der Waals surface area contributed by atoms with Gasteiger partial charge in [-0.3, -0.25) is 4.79 Å². The summed E-state index contributed by atoms with van der Waals surface area (Å²) in [4.78, 5) is 23.4. The van der Waals surface area contributed by atoms with Gasteiger partial charge in [0.1, 0.15) is 5.54 Å². The largest absolute Gasteiger partial charge is 0.450 e. The molecule has 16 heavy (non-hydrogen) atoms. The second-order valence-corrected chi connectivity index (χ2v) is 4.51. The number of hydrogen-bond donors (Lipinski definition) is 1. The van der Waals surface area contributed by atoms with Crippen LogP contribution in [0.3, 0.4) is 0 Å². The minimum atomic E-state index is -1.23. The van der Waals surface area contributed by atoms with Crippen molar-refractivity contribution in [2.75, 3.05) is 6.61 Å². The first kappa shape index (κ1) is 13.0. The summed E-state index contributed by atoms with van der Waals surface area (Å²) in [5.41, 5.74) is -1.23. The van der Waals surface area contributed by atoms with E-state index >= 15 is 0 Å². The molecule has 1 aromatic rings. The number of hydrogen-bond acceptors (Lipinski definition) is 4. The number of thiophene rings is 1. The predicted octanol–water partition coefficient (Wildman–Crippen LogP) is 2.47. The monoisotopic (exact) mass is 261 g/mol. The average molecular weight is 262 g/mol. The zero-order valence-electron chi connectivity index (χ0n) is 8.95. The lowest BCUT2D eigenvalue weighted by Crippen LogP contribution is -2.47. The highest BCUT2D eigenvalue weighted by Crippen LogP contribution is 2.27. The summed E-state index contributed by atoms with van der Waals surface area (Å²) in [6.07, 6.45) is -0.660. The summed E-state index contributed by atoms with van der Waals surface area (Å²) in [6.45, 7) is 3.47. The quantitative estimate of drug-likeness (QED) is 0.847. The van der Waals surface area contributed by atoms with Crippen molar-refractivity contribution < 1.29 is 14.3 Å². The Morgan fingerprint density at radius 1 is 1.62 bits per heavy atom. The maximum absolute atomic E-state index is 11.4. The van der Waals surface area contributed by atoms with Gasteiger partial charge in [-0.25, -0.2) is 4.79 Å². The highest BCUT2D eigenvalue weighted by molar-refractivity contribution is 7.10. The minimum Gasteiger partial charge on any atom is -0.450 e. The lowest BCUT2D eigenvalue weighted by molar-refractivity contribution is -0.117. The molecule has 0 fully saturated rings. The predicted molar refractivity (Wildman–Crippen MR) is 62.7 cm³/mol. The molecule has 0 aromatic carbocycles. The molecule has 1 amide bonds. The van der Waals surface area contributed by atoms with Gasteiger partial charge in [-0.2, -0.15) is 0 Å². The van der Waals surface area contributed by atoms with Gasteiger partial charge in [0.05, 0.1) is 6.61 Å². The number of carbonyl (C=O) groups excluding carboxylic acids is 2. The summed E-state index contributed by atoms with van der Waals surface area (Å²) in [5.74, 6) is 0. The van der Waals surface area contributed by atoms with Gasteiger partial charge < -0.3 is 10.1 Å². The van der Waals surface area contributed by atoms with Gasteiger partial charge in [-0.05, 0) is 36.9 Å². The van der Waals surface area contributed by atoms with E-state index in [2.05, 4.69) is 5.32 Å². The van der Waals surface area contributed by atoms with E-state index in [-0.39, 0.29) is 6.61 Å². The summed E-state index contributed by atoms with van der Waals surface area (Å²) >= 11 is 6.86. The average Bonchev–Trinajstić information content (AvgIpc) is 2.70. The molecule has 0 saturated carbocycles. The van der Waals surface area contributed by atoms with Crippen LogP contribution in [0.2, 0.25) is 0 Å². The van der Waals surface area contributed by atoms with Crippen molar-refractivity contribution in [2.45, 2.75) is 19.4 Å². The maximum atomic E-state index is 11.4. The molecular weight excluding hydrogens is 250 g/mol. The Labute approximate surface area is 103 Å². The minimum absolute atomic E-state index is 0.239. The molecule has 0 aliphatic heterocycles. The third kappa shape index (κ3) is 2.74. The SMILES string of the molecule is CCOC(=O)NC(C)(C(=O)Cl)c1cccs1. The third-order valence-electron chi connectivity index (χ3n) is 2.03.